The number of hydrogen-bond donors (Lipinski definition) is 2. The van der Waals surface area contributed by atoms with E-state index in [1.807, 2.05) is 0 Å². The SMILES string of the molecule is CC(C)(CCC(=O)O)NS(=O)(=O)CC1CC(F)(F)C1. The Balaban J connectivity index is 2.47. The van der Waals surface area contributed by atoms with Crippen LogP contribution in [0, 0.1) is 5.92 Å². The standard InChI is InChI=1S/C11H19F2NO4S/c1-10(2,4-3-9(15)16)14-19(17,18)7-8-5-11(12,13)6-8/h8,14H,3-7H2,1-2H3,(H,15,16). The number of halogens is 2. The molecule has 0 bridgehead atoms. The molecule has 8 heteroatoms. The average Bonchev–Trinajstić information content (AvgIpc) is 2.09. The summed E-state index contributed by atoms with van der Waals surface area (Å²) in [6, 6.07) is 0. The maximum Gasteiger partial charge on any atom is 0.303 e. The van der Waals surface area contributed by atoms with E-state index in [2.05, 4.69) is 4.72 Å². The topological polar surface area (TPSA) is 83.5 Å². The summed E-state index contributed by atoms with van der Waals surface area (Å²) in [5.74, 6) is -4.60. The molecule has 0 aromatic carbocycles. The highest BCUT2D eigenvalue weighted by Crippen LogP contribution is 2.42. The highest BCUT2D eigenvalue weighted by atomic mass is 32.2. The molecule has 0 unspecified atom stereocenters. The molecular weight excluding hydrogens is 280 g/mol. The third-order valence-corrected chi connectivity index (χ3v) is 4.80. The predicted octanol–water partition coefficient (Wildman–Crippen LogP) is 1.59. The molecule has 0 aromatic rings. The van der Waals surface area contributed by atoms with Gasteiger partial charge in [0.25, 0.3) is 0 Å². The largest absolute Gasteiger partial charge is 0.481 e. The smallest absolute Gasteiger partial charge is 0.303 e. The van der Waals surface area contributed by atoms with Gasteiger partial charge in [-0.05, 0) is 26.2 Å². The number of aliphatic carboxylic acids is 1. The van der Waals surface area contributed by atoms with Crippen molar-refractivity contribution in [3.8, 4) is 0 Å². The summed E-state index contributed by atoms with van der Waals surface area (Å²) < 4.78 is 51.2. The Morgan fingerprint density at radius 2 is 1.95 bits per heavy atom. The second kappa shape index (κ2) is 5.32. The van der Waals surface area contributed by atoms with Crippen molar-refractivity contribution in [3.05, 3.63) is 0 Å². The Labute approximate surface area is 111 Å². The monoisotopic (exact) mass is 299 g/mol. The fraction of sp³-hybridized carbons (Fsp3) is 0.909. The van der Waals surface area contributed by atoms with Crippen molar-refractivity contribution in [2.45, 2.75) is 51.0 Å². The molecule has 0 heterocycles. The molecule has 19 heavy (non-hydrogen) atoms. The molecule has 1 aliphatic carbocycles. The minimum absolute atomic E-state index is 0.141. The van der Waals surface area contributed by atoms with E-state index in [-0.39, 0.29) is 18.6 Å². The quantitative estimate of drug-likeness (QED) is 0.748. The molecule has 1 rings (SSSR count). The van der Waals surface area contributed by atoms with E-state index in [0.717, 1.165) is 0 Å². The van der Waals surface area contributed by atoms with Crippen LogP contribution in [0.25, 0.3) is 0 Å². The fourth-order valence-corrected chi connectivity index (χ4v) is 4.03. The third kappa shape index (κ3) is 5.82. The maximum atomic E-state index is 12.6. The average molecular weight is 299 g/mol. The zero-order chi connectivity index (χ0) is 14.9. The number of hydrogen-bond acceptors (Lipinski definition) is 3. The van der Waals surface area contributed by atoms with Gasteiger partial charge in [0, 0.05) is 24.8 Å². The first-order valence-corrected chi connectivity index (χ1v) is 7.67. The first-order chi connectivity index (χ1) is 8.41. The Morgan fingerprint density at radius 3 is 2.37 bits per heavy atom. The first kappa shape index (κ1) is 16.3. The van der Waals surface area contributed by atoms with Gasteiger partial charge in [0.2, 0.25) is 15.9 Å². The van der Waals surface area contributed by atoms with Crippen LogP contribution in [0.5, 0.6) is 0 Å². The molecule has 0 aliphatic heterocycles. The lowest BCUT2D eigenvalue weighted by Gasteiger charge is -2.35. The summed E-state index contributed by atoms with van der Waals surface area (Å²) in [6.45, 7) is 3.14. The van der Waals surface area contributed by atoms with Gasteiger partial charge in [-0.1, -0.05) is 0 Å². The molecule has 0 atom stereocenters. The van der Waals surface area contributed by atoms with E-state index in [4.69, 9.17) is 5.11 Å². The zero-order valence-corrected chi connectivity index (χ0v) is 11.8. The van der Waals surface area contributed by atoms with Crippen LogP contribution in [-0.4, -0.2) is 36.7 Å². The maximum absolute atomic E-state index is 12.6. The second-order valence-electron chi connectivity index (χ2n) is 5.79. The molecule has 1 saturated carbocycles. The van der Waals surface area contributed by atoms with Gasteiger partial charge in [0.1, 0.15) is 0 Å². The molecule has 0 radical (unpaired) electrons. The fourth-order valence-electron chi connectivity index (χ4n) is 2.15. The molecular formula is C11H19F2NO4S. The zero-order valence-electron chi connectivity index (χ0n) is 10.9. The number of carboxylic acid groups (broad SMARTS) is 1. The van der Waals surface area contributed by atoms with Crippen LogP contribution in [0.2, 0.25) is 0 Å². The van der Waals surface area contributed by atoms with Gasteiger partial charge in [0.05, 0.1) is 5.75 Å². The molecule has 5 nitrogen and oxygen atoms in total. The minimum Gasteiger partial charge on any atom is -0.481 e. The van der Waals surface area contributed by atoms with Crippen molar-refractivity contribution in [2.75, 3.05) is 5.75 Å². The van der Waals surface area contributed by atoms with Gasteiger partial charge >= 0.3 is 5.97 Å². The van der Waals surface area contributed by atoms with Crippen LogP contribution >= 0.6 is 0 Å². The van der Waals surface area contributed by atoms with Gasteiger partial charge in [-0.25, -0.2) is 21.9 Å². The van der Waals surface area contributed by atoms with E-state index in [0.29, 0.717) is 0 Å². The first-order valence-electron chi connectivity index (χ1n) is 6.02. The lowest BCUT2D eigenvalue weighted by atomic mass is 9.83. The number of carbonyl (C=O) groups is 1. The number of alkyl halides is 2. The molecule has 2 N–H and O–H groups in total. The molecule has 0 saturated heterocycles. The van der Waals surface area contributed by atoms with Crippen molar-refractivity contribution in [2.24, 2.45) is 5.92 Å². The number of sulfonamides is 1. The van der Waals surface area contributed by atoms with Crippen molar-refractivity contribution >= 4 is 16.0 Å². The summed E-state index contributed by atoms with van der Waals surface area (Å²) in [5, 5.41) is 8.56. The Bertz CT molecular complexity index is 440. The number of nitrogens with one attached hydrogen (secondary N) is 1. The number of carboxylic acids is 1. The van der Waals surface area contributed by atoms with Crippen LogP contribution in [0.3, 0.4) is 0 Å². The normalized spacial score (nSPS) is 20.0. The highest BCUT2D eigenvalue weighted by Gasteiger charge is 2.47. The molecule has 0 aromatic heterocycles. The van der Waals surface area contributed by atoms with Crippen molar-refractivity contribution < 1.29 is 27.1 Å². The van der Waals surface area contributed by atoms with E-state index in [1.54, 1.807) is 13.8 Å². The van der Waals surface area contributed by atoms with Gasteiger partial charge < -0.3 is 5.11 Å². The van der Waals surface area contributed by atoms with E-state index < -0.39 is 46.2 Å². The lowest BCUT2D eigenvalue weighted by molar-refractivity contribution is -0.137. The van der Waals surface area contributed by atoms with Crippen molar-refractivity contribution in [1.82, 2.24) is 4.72 Å². The Kier molecular flexibility index (Phi) is 4.56. The Morgan fingerprint density at radius 1 is 1.42 bits per heavy atom. The summed E-state index contributed by atoms with van der Waals surface area (Å²) in [6.07, 6.45) is -0.813. The van der Waals surface area contributed by atoms with Crippen LogP contribution in [0.4, 0.5) is 8.78 Å². The molecule has 112 valence electrons. The van der Waals surface area contributed by atoms with Crippen molar-refractivity contribution in [3.63, 3.8) is 0 Å². The number of rotatable bonds is 7. The molecule has 1 fully saturated rings. The third-order valence-electron chi connectivity index (χ3n) is 3.03. The van der Waals surface area contributed by atoms with E-state index in [1.165, 1.54) is 0 Å². The summed E-state index contributed by atoms with van der Waals surface area (Å²) in [4.78, 5) is 10.5. The van der Waals surface area contributed by atoms with E-state index >= 15 is 0 Å². The van der Waals surface area contributed by atoms with Gasteiger partial charge in [-0.3, -0.25) is 4.79 Å². The van der Waals surface area contributed by atoms with Crippen LogP contribution in [0.15, 0.2) is 0 Å². The van der Waals surface area contributed by atoms with Gasteiger partial charge in [-0.2, -0.15) is 0 Å². The minimum atomic E-state index is -3.67. The molecule has 0 spiro atoms. The summed E-state index contributed by atoms with van der Waals surface area (Å²) in [7, 11) is -3.67. The molecule has 0 amide bonds. The Hall–Kier alpha value is -0.760. The summed E-state index contributed by atoms with van der Waals surface area (Å²) in [5.41, 5.74) is -0.899. The van der Waals surface area contributed by atoms with Crippen LogP contribution in [-0.2, 0) is 14.8 Å². The van der Waals surface area contributed by atoms with Gasteiger partial charge in [0.15, 0.2) is 0 Å². The lowest BCUT2D eigenvalue weighted by Crippen LogP contribution is -2.48. The van der Waals surface area contributed by atoms with Crippen LogP contribution < -0.4 is 4.72 Å². The van der Waals surface area contributed by atoms with E-state index in [9.17, 15) is 22.0 Å². The predicted molar refractivity (Wildman–Crippen MR) is 65.5 cm³/mol. The highest BCUT2D eigenvalue weighted by molar-refractivity contribution is 7.89. The summed E-state index contributed by atoms with van der Waals surface area (Å²) >= 11 is 0. The van der Waals surface area contributed by atoms with Crippen molar-refractivity contribution in [1.29, 1.82) is 0 Å². The molecule has 1 aliphatic rings. The van der Waals surface area contributed by atoms with Gasteiger partial charge in [-0.15, -0.1) is 0 Å². The van der Waals surface area contributed by atoms with Crippen LogP contribution in [0.1, 0.15) is 39.5 Å². The second-order valence-corrected chi connectivity index (χ2v) is 7.56.